The molecule has 0 saturated carbocycles. The number of nitrogens with one attached hydrogen (secondary N) is 1. The summed E-state index contributed by atoms with van der Waals surface area (Å²) in [5.41, 5.74) is 4.57. The summed E-state index contributed by atoms with van der Waals surface area (Å²) in [5.74, 6) is -0.534. The molecule has 0 saturated heterocycles. The van der Waals surface area contributed by atoms with Gasteiger partial charge in [-0.2, -0.15) is 5.10 Å². The molecule has 0 radical (unpaired) electrons. The third kappa shape index (κ3) is 4.43. The molecule has 0 atom stereocenters. The SMILES string of the molecule is Cc1cccc(-c2nn(-c3ccc(F)cc3)cc2C(=O)NCCc2ccccn2)c1. The Labute approximate surface area is 174 Å². The summed E-state index contributed by atoms with van der Waals surface area (Å²) < 4.78 is 14.9. The van der Waals surface area contributed by atoms with Gasteiger partial charge in [0.1, 0.15) is 11.5 Å². The number of pyridine rings is 1. The van der Waals surface area contributed by atoms with Crippen molar-refractivity contribution in [2.45, 2.75) is 13.3 Å². The molecule has 150 valence electrons. The molecule has 6 heteroatoms. The standard InChI is InChI=1S/C24H21FN4O/c1-17-5-4-6-18(15-17)23-22(16-29(28-23)21-10-8-19(25)9-11-21)24(30)27-14-12-20-7-2-3-13-26-20/h2-11,13,15-16H,12,14H2,1H3,(H,27,30). The number of benzene rings is 2. The summed E-state index contributed by atoms with van der Waals surface area (Å²) >= 11 is 0. The highest BCUT2D eigenvalue weighted by Crippen LogP contribution is 2.25. The first-order valence-corrected chi connectivity index (χ1v) is 9.71. The Morgan fingerprint density at radius 2 is 1.90 bits per heavy atom. The van der Waals surface area contributed by atoms with Gasteiger partial charge < -0.3 is 5.32 Å². The van der Waals surface area contributed by atoms with E-state index in [-0.39, 0.29) is 11.7 Å². The van der Waals surface area contributed by atoms with Gasteiger partial charge in [-0.1, -0.05) is 29.8 Å². The Morgan fingerprint density at radius 1 is 1.07 bits per heavy atom. The van der Waals surface area contributed by atoms with Crippen LogP contribution in [0.5, 0.6) is 0 Å². The zero-order valence-corrected chi connectivity index (χ0v) is 16.5. The maximum Gasteiger partial charge on any atom is 0.255 e. The van der Waals surface area contributed by atoms with Crippen LogP contribution in [0.4, 0.5) is 4.39 Å². The third-order valence-corrected chi connectivity index (χ3v) is 4.73. The molecule has 5 nitrogen and oxygen atoms in total. The molecule has 1 N–H and O–H groups in total. The summed E-state index contributed by atoms with van der Waals surface area (Å²) in [6, 6.07) is 19.6. The van der Waals surface area contributed by atoms with Crippen molar-refractivity contribution in [3.8, 4) is 16.9 Å². The molecule has 2 aromatic carbocycles. The lowest BCUT2D eigenvalue weighted by molar-refractivity contribution is 0.0954. The maximum absolute atomic E-state index is 13.3. The maximum atomic E-state index is 13.3. The van der Waals surface area contributed by atoms with Crippen molar-refractivity contribution < 1.29 is 9.18 Å². The van der Waals surface area contributed by atoms with Crippen molar-refractivity contribution in [1.82, 2.24) is 20.1 Å². The van der Waals surface area contributed by atoms with E-state index in [1.54, 1.807) is 29.2 Å². The molecule has 1 amide bonds. The van der Waals surface area contributed by atoms with Gasteiger partial charge >= 0.3 is 0 Å². The highest BCUT2D eigenvalue weighted by molar-refractivity contribution is 6.00. The topological polar surface area (TPSA) is 59.8 Å². The van der Waals surface area contributed by atoms with E-state index in [1.807, 2.05) is 49.4 Å². The number of halogens is 1. The number of hydrogen-bond donors (Lipinski definition) is 1. The first kappa shape index (κ1) is 19.5. The second kappa shape index (κ2) is 8.69. The molecule has 0 spiro atoms. The van der Waals surface area contributed by atoms with Crippen molar-refractivity contribution in [1.29, 1.82) is 0 Å². The fraction of sp³-hybridized carbons (Fsp3) is 0.125. The molecular formula is C24H21FN4O. The van der Waals surface area contributed by atoms with E-state index in [9.17, 15) is 9.18 Å². The van der Waals surface area contributed by atoms with E-state index in [4.69, 9.17) is 0 Å². The lowest BCUT2D eigenvalue weighted by atomic mass is 10.1. The number of nitrogens with zero attached hydrogens (tertiary/aromatic N) is 3. The van der Waals surface area contributed by atoms with Gasteiger partial charge in [0, 0.05) is 36.6 Å². The van der Waals surface area contributed by atoms with Gasteiger partial charge in [0.2, 0.25) is 0 Å². The Morgan fingerprint density at radius 3 is 2.63 bits per heavy atom. The molecule has 0 fully saturated rings. The first-order valence-electron chi connectivity index (χ1n) is 9.71. The van der Waals surface area contributed by atoms with Gasteiger partial charge in [0.15, 0.2) is 0 Å². The fourth-order valence-electron chi connectivity index (χ4n) is 3.22. The third-order valence-electron chi connectivity index (χ3n) is 4.73. The van der Waals surface area contributed by atoms with Gasteiger partial charge in [0.25, 0.3) is 5.91 Å². The van der Waals surface area contributed by atoms with Gasteiger partial charge in [-0.3, -0.25) is 9.78 Å². The number of carbonyl (C=O) groups is 1. The summed E-state index contributed by atoms with van der Waals surface area (Å²) in [5, 5.41) is 7.58. The largest absolute Gasteiger partial charge is 0.352 e. The predicted molar refractivity (Wildman–Crippen MR) is 114 cm³/mol. The van der Waals surface area contributed by atoms with Crippen LogP contribution in [0.15, 0.2) is 79.1 Å². The monoisotopic (exact) mass is 400 g/mol. The molecule has 30 heavy (non-hydrogen) atoms. The average molecular weight is 400 g/mol. The first-order chi connectivity index (χ1) is 14.6. The Hall–Kier alpha value is -3.80. The van der Waals surface area contributed by atoms with E-state index < -0.39 is 0 Å². The molecule has 0 unspecified atom stereocenters. The van der Waals surface area contributed by atoms with Crippen LogP contribution < -0.4 is 5.32 Å². The number of hydrogen-bond acceptors (Lipinski definition) is 3. The minimum absolute atomic E-state index is 0.212. The van der Waals surface area contributed by atoms with Gasteiger partial charge in [-0.25, -0.2) is 9.07 Å². The molecule has 2 heterocycles. The molecule has 0 aliphatic rings. The van der Waals surface area contributed by atoms with Crippen LogP contribution in [0.3, 0.4) is 0 Å². The van der Waals surface area contributed by atoms with Crippen LogP contribution in [0.1, 0.15) is 21.6 Å². The number of carbonyl (C=O) groups excluding carboxylic acids is 1. The average Bonchev–Trinajstić information content (AvgIpc) is 3.21. The Kier molecular flexibility index (Phi) is 5.66. The van der Waals surface area contributed by atoms with Crippen LogP contribution >= 0.6 is 0 Å². The molecule has 4 aromatic rings. The Bertz CT molecular complexity index is 1150. The van der Waals surface area contributed by atoms with Crippen LogP contribution in [0, 0.1) is 12.7 Å². The zero-order chi connectivity index (χ0) is 20.9. The van der Waals surface area contributed by atoms with E-state index in [2.05, 4.69) is 15.4 Å². The van der Waals surface area contributed by atoms with Crippen LogP contribution in [0.25, 0.3) is 16.9 Å². The highest BCUT2D eigenvalue weighted by Gasteiger charge is 2.18. The second-order valence-electron chi connectivity index (χ2n) is 7.01. The van der Waals surface area contributed by atoms with Crippen molar-refractivity contribution in [3.05, 3.63) is 102 Å². The lowest BCUT2D eigenvalue weighted by Gasteiger charge is -2.06. The van der Waals surface area contributed by atoms with Crippen molar-refractivity contribution in [2.24, 2.45) is 0 Å². The van der Waals surface area contributed by atoms with E-state index >= 15 is 0 Å². The van der Waals surface area contributed by atoms with Crippen molar-refractivity contribution in [2.75, 3.05) is 6.54 Å². The van der Waals surface area contributed by atoms with Gasteiger partial charge in [-0.05, 0) is 49.4 Å². The summed E-state index contributed by atoms with van der Waals surface area (Å²) in [7, 11) is 0. The lowest BCUT2D eigenvalue weighted by Crippen LogP contribution is -2.26. The van der Waals surface area contributed by atoms with Crippen molar-refractivity contribution >= 4 is 5.91 Å². The summed E-state index contributed by atoms with van der Waals surface area (Å²) in [4.78, 5) is 17.2. The summed E-state index contributed by atoms with van der Waals surface area (Å²) in [6.45, 7) is 2.46. The fourth-order valence-corrected chi connectivity index (χ4v) is 3.22. The quantitative estimate of drug-likeness (QED) is 0.523. The van der Waals surface area contributed by atoms with E-state index in [0.29, 0.717) is 29.9 Å². The number of rotatable bonds is 6. The molecule has 0 aliphatic carbocycles. The highest BCUT2D eigenvalue weighted by atomic mass is 19.1. The van der Waals surface area contributed by atoms with Crippen molar-refractivity contribution in [3.63, 3.8) is 0 Å². The molecule has 4 rings (SSSR count). The van der Waals surface area contributed by atoms with Crippen LogP contribution in [-0.2, 0) is 6.42 Å². The number of aryl methyl sites for hydroxylation is 1. The van der Waals surface area contributed by atoms with E-state index in [0.717, 1.165) is 16.8 Å². The van der Waals surface area contributed by atoms with E-state index in [1.165, 1.54) is 12.1 Å². The minimum atomic E-state index is -0.322. The molecule has 0 bridgehead atoms. The second-order valence-corrected chi connectivity index (χ2v) is 7.01. The molecular weight excluding hydrogens is 379 g/mol. The van der Waals surface area contributed by atoms with Crippen LogP contribution in [0.2, 0.25) is 0 Å². The smallest absolute Gasteiger partial charge is 0.255 e. The molecule has 0 aliphatic heterocycles. The number of aromatic nitrogens is 3. The normalized spacial score (nSPS) is 10.7. The zero-order valence-electron chi connectivity index (χ0n) is 16.5. The van der Waals surface area contributed by atoms with Gasteiger partial charge in [-0.15, -0.1) is 0 Å². The Balaban J connectivity index is 1.62. The summed E-state index contributed by atoms with van der Waals surface area (Å²) in [6.07, 6.45) is 4.05. The van der Waals surface area contributed by atoms with Crippen LogP contribution in [-0.4, -0.2) is 27.2 Å². The molecule has 2 aromatic heterocycles. The van der Waals surface area contributed by atoms with Gasteiger partial charge in [0.05, 0.1) is 11.3 Å². The minimum Gasteiger partial charge on any atom is -0.352 e. The predicted octanol–water partition coefficient (Wildman–Crippen LogP) is 4.35. The number of amides is 1.